The molecule has 0 saturated heterocycles. The first-order valence-corrected chi connectivity index (χ1v) is 11.9. The molecule has 0 unspecified atom stereocenters. The Labute approximate surface area is 181 Å². The topological polar surface area (TPSA) is 113 Å². The molecule has 2 aliphatic rings. The average Bonchev–Trinajstić information content (AvgIpc) is 3.41. The van der Waals surface area contributed by atoms with Crippen molar-refractivity contribution in [2.24, 2.45) is 7.05 Å². The molecule has 1 aromatic heterocycles. The molecule has 0 radical (unpaired) electrons. The van der Waals surface area contributed by atoms with Crippen LogP contribution >= 0.6 is 0 Å². The van der Waals surface area contributed by atoms with Crippen molar-refractivity contribution in [3.63, 3.8) is 0 Å². The standard InChI is InChI=1S/C21H27N5O4S/c1-13(27)25(2)12-16-11-19(23-26(16)3)31(29,30)24-21(28)22-20-17-8-4-6-14(17)10-15-7-5-9-18(15)20/h10-11H,4-9,12H2,1-3H3,(H2,22,24,28). The van der Waals surface area contributed by atoms with Gasteiger partial charge in [0.2, 0.25) is 5.91 Å². The summed E-state index contributed by atoms with van der Waals surface area (Å²) in [7, 11) is -0.950. The summed E-state index contributed by atoms with van der Waals surface area (Å²) in [5, 5.41) is 6.58. The van der Waals surface area contributed by atoms with E-state index in [9.17, 15) is 18.0 Å². The second-order valence-electron chi connectivity index (χ2n) is 8.27. The number of hydrogen-bond acceptors (Lipinski definition) is 5. The van der Waals surface area contributed by atoms with Gasteiger partial charge >= 0.3 is 6.03 Å². The maximum atomic E-state index is 12.8. The maximum absolute atomic E-state index is 12.8. The van der Waals surface area contributed by atoms with Crippen LogP contribution < -0.4 is 10.0 Å². The molecule has 1 heterocycles. The lowest BCUT2D eigenvalue weighted by Crippen LogP contribution is -2.35. The summed E-state index contributed by atoms with van der Waals surface area (Å²) >= 11 is 0. The number of urea groups is 1. The molecule has 1 aromatic carbocycles. The molecular formula is C21H27N5O4S. The molecule has 3 amide bonds. The van der Waals surface area contributed by atoms with Crippen molar-refractivity contribution in [1.82, 2.24) is 19.4 Å². The molecule has 10 heteroatoms. The van der Waals surface area contributed by atoms with E-state index in [2.05, 4.69) is 21.2 Å². The summed E-state index contributed by atoms with van der Waals surface area (Å²) in [6.45, 7) is 1.64. The molecule has 2 aromatic rings. The molecule has 166 valence electrons. The van der Waals surface area contributed by atoms with Gasteiger partial charge in [-0.15, -0.1) is 0 Å². The average molecular weight is 446 g/mol. The number of fused-ring (bicyclic) bond motifs is 2. The molecule has 9 nitrogen and oxygen atoms in total. The number of nitrogens with one attached hydrogen (secondary N) is 2. The Morgan fingerprint density at radius 2 is 1.71 bits per heavy atom. The summed E-state index contributed by atoms with van der Waals surface area (Å²) in [4.78, 5) is 25.6. The van der Waals surface area contributed by atoms with Gasteiger partial charge < -0.3 is 10.2 Å². The van der Waals surface area contributed by atoms with E-state index in [0.717, 1.165) is 55.3 Å². The Hall–Kier alpha value is -2.88. The Morgan fingerprint density at radius 3 is 2.29 bits per heavy atom. The number of aryl methyl sites for hydroxylation is 3. The van der Waals surface area contributed by atoms with Crippen molar-refractivity contribution < 1.29 is 18.0 Å². The van der Waals surface area contributed by atoms with Crippen LogP contribution in [-0.2, 0) is 54.1 Å². The lowest BCUT2D eigenvalue weighted by atomic mass is 9.99. The predicted molar refractivity (Wildman–Crippen MR) is 115 cm³/mol. The first-order chi connectivity index (χ1) is 14.7. The van der Waals surface area contributed by atoms with Gasteiger partial charge in [0.1, 0.15) is 0 Å². The minimum Gasteiger partial charge on any atom is -0.340 e. The monoisotopic (exact) mass is 445 g/mol. The van der Waals surface area contributed by atoms with Gasteiger partial charge in [0.15, 0.2) is 5.03 Å². The van der Waals surface area contributed by atoms with E-state index in [-0.39, 0.29) is 17.5 Å². The first-order valence-electron chi connectivity index (χ1n) is 10.4. The summed E-state index contributed by atoms with van der Waals surface area (Å²) in [6, 6.07) is 2.83. The molecule has 2 aliphatic carbocycles. The third-order valence-electron chi connectivity index (χ3n) is 6.10. The zero-order chi connectivity index (χ0) is 22.3. The van der Waals surface area contributed by atoms with Gasteiger partial charge in [-0.05, 0) is 60.8 Å². The number of hydrogen-bond donors (Lipinski definition) is 2. The van der Waals surface area contributed by atoms with Gasteiger partial charge in [-0.2, -0.15) is 13.5 Å². The van der Waals surface area contributed by atoms with Crippen LogP contribution in [0.4, 0.5) is 10.5 Å². The molecule has 4 rings (SSSR count). The lowest BCUT2D eigenvalue weighted by molar-refractivity contribution is -0.128. The predicted octanol–water partition coefficient (Wildman–Crippen LogP) is 1.89. The smallest absolute Gasteiger partial charge is 0.333 e. The van der Waals surface area contributed by atoms with Crippen LogP contribution in [0.15, 0.2) is 17.2 Å². The van der Waals surface area contributed by atoms with E-state index in [4.69, 9.17) is 0 Å². The third kappa shape index (κ3) is 4.16. The highest BCUT2D eigenvalue weighted by molar-refractivity contribution is 7.90. The molecule has 0 saturated carbocycles. The number of rotatable bonds is 5. The van der Waals surface area contributed by atoms with Crippen molar-refractivity contribution in [1.29, 1.82) is 0 Å². The number of carbonyl (C=O) groups excluding carboxylic acids is 2. The fraction of sp³-hybridized carbons (Fsp3) is 0.476. The number of aromatic nitrogens is 2. The highest BCUT2D eigenvalue weighted by Gasteiger charge is 2.27. The quantitative estimate of drug-likeness (QED) is 0.730. The molecule has 0 atom stereocenters. The van der Waals surface area contributed by atoms with Gasteiger partial charge in [-0.1, -0.05) is 6.07 Å². The second-order valence-corrected chi connectivity index (χ2v) is 9.90. The Kier molecular flexibility index (Phi) is 5.50. The molecule has 2 N–H and O–H groups in total. The fourth-order valence-corrected chi connectivity index (χ4v) is 5.31. The van der Waals surface area contributed by atoms with Crippen molar-refractivity contribution in [2.75, 3.05) is 12.4 Å². The SMILES string of the molecule is CC(=O)N(C)Cc1cc(S(=O)(=O)NC(=O)Nc2c3c(cc4c2CCC4)CCC3)nn1C. The normalized spacial score (nSPS) is 14.8. The van der Waals surface area contributed by atoms with Crippen LogP contribution in [-0.4, -0.2) is 42.1 Å². The molecule has 0 aliphatic heterocycles. The third-order valence-corrected chi connectivity index (χ3v) is 7.31. The largest absolute Gasteiger partial charge is 0.340 e. The number of benzene rings is 1. The van der Waals surface area contributed by atoms with Crippen molar-refractivity contribution in [2.45, 2.75) is 57.0 Å². The van der Waals surface area contributed by atoms with E-state index >= 15 is 0 Å². The van der Waals surface area contributed by atoms with Crippen molar-refractivity contribution >= 4 is 27.6 Å². The van der Waals surface area contributed by atoms with E-state index in [0.29, 0.717) is 5.69 Å². The lowest BCUT2D eigenvalue weighted by Gasteiger charge is -2.16. The summed E-state index contributed by atoms with van der Waals surface area (Å²) < 4.78 is 29.0. The minimum absolute atomic E-state index is 0.147. The Balaban J connectivity index is 1.53. The zero-order valence-electron chi connectivity index (χ0n) is 18.0. The number of nitrogens with zero attached hydrogens (tertiary/aromatic N) is 3. The maximum Gasteiger partial charge on any atom is 0.333 e. The van der Waals surface area contributed by atoms with Gasteiger partial charge in [-0.25, -0.2) is 9.52 Å². The van der Waals surface area contributed by atoms with E-state index in [1.807, 2.05) is 0 Å². The highest BCUT2D eigenvalue weighted by Crippen LogP contribution is 2.38. The van der Waals surface area contributed by atoms with Crippen LogP contribution in [0.1, 0.15) is 47.7 Å². The molecule has 0 fully saturated rings. The van der Waals surface area contributed by atoms with Crippen LogP contribution in [0, 0.1) is 0 Å². The zero-order valence-corrected chi connectivity index (χ0v) is 18.8. The van der Waals surface area contributed by atoms with Gasteiger partial charge in [0.25, 0.3) is 10.0 Å². The van der Waals surface area contributed by atoms with Crippen LogP contribution in [0.25, 0.3) is 0 Å². The van der Waals surface area contributed by atoms with Crippen LogP contribution in [0.5, 0.6) is 0 Å². The van der Waals surface area contributed by atoms with Crippen molar-refractivity contribution in [3.8, 4) is 0 Å². The summed E-state index contributed by atoms with van der Waals surface area (Å²) in [6.07, 6.45) is 5.83. The van der Waals surface area contributed by atoms with Crippen LogP contribution in [0.3, 0.4) is 0 Å². The second kappa shape index (κ2) is 7.99. The van der Waals surface area contributed by atoms with E-state index in [1.165, 1.54) is 33.7 Å². The first kappa shape index (κ1) is 21.4. The van der Waals surface area contributed by atoms with E-state index in [1.54, 1.807) is 14.1 Å². The Morgan fingerprint density at radius 1 is 1.10 bits per heavy atom. The fourth-order valence-electron chi connectivity index (χ4n) is 4.39. The van der Waals surface area contributed by atoms with Crippen LogP contribution in [0.2, 0.25) is 0 Å². The number of carbonyl (C=O) groups is 2. The summed E-state index contributed by atoms with van der Waals surface area (Å²) in [5.41, 5.74) is 6.07. The Bertz CT molecular complexity index is 1140. The minimum atomic E-state index is -4.16. The summed E-state index contributed by atoms with van der Waals surface area (Å²) in [5.74, 6) is -0.147. The van der Waals surface area contributed by atoms with Gasteiger partial charge in [0.05, 0.1) is 12.2 Å². The van der Waals surface area contributed by atoms with Crippen molar-refractivity contribution in [3.05, 3.63) is 40.1 Å². The molecule has 0 bridgehead atoms. The number of anilines is 1. The highest BCUT2D eigenvalue weighted by atomic mass is 32.2. The number of amides is 3. The molecular weight excluding hydrogens is 418 g/mol. The molecule has 31 heavy (non-hydrogen) atoms. The number of sulfonamides is 1. The van der Waals surface area contributed by atoms with Gasteiger partial charge in [0, 0.05) is 32.8 Å². The van der Waals surface area contributed by atoms with E-state index < -0.39 is 16.1 Å². The van der Waals surface area contributed by atoms with Gasteiger partial charge in [-0.3, -0.25) is 9.48 Å². The molecule has 0 spiro atoms.